The quantitative estimate of drug-likeness (QED) is 0.878. The molecule has 1 aliphatic heterocycles. The average molecular weight is 247 g/mol. The van der Waals surface area contributed by atoms with E-state index >= 15 is 0 Å². The third-order valence-corrected chi connectivity index (χ3v) is 4.00. The average Bonchev–Trinajstić information content (AvgIpc) is 2.72. The van der Waals surface area contributed by atoms with E-state index in [9.17, 15) is 0 Å². The van der Waals surface area contributed by atoms with Crippen LogP contribution in [0.25, 0.3) is 0 Å². The summed E-state index contributed by atoms with van der Waals surface area (Å²) in [4.78, 5) is 0. The third-order valence-electron chi connectivity index (χ3n) is 4.00. The Morgan fingerprint density at radius 1 is 1.33 bits per heavy atom. The number of hydrogen-bond donors (Lipinski definition) is 1. The van der Waals surface area contributed by atoms with Crippen LogP contribution in [0.3, 0.4) is 0 Å². The van der Waals surface area contributed by atoms with Crippen molar-refractivity contribution in [3.63, 3.8) is 0 Å². The smallest absolute Gasteiger partial charge is 0.122 e. The van der Waals surface area contributed by atoms with Gasteiger partial charge in [-0.1, -0.05) is 39.0 Å². The molecule has 1 heterocycles. The summed E-state index contributed by atoms with van der Waals surface area (Å²) in [5.41, 5.74) is 1.70. The van der Waals surface area contributed by atoms with Gasteiger partial charge in [0.25, 0.3) is 0 Å². The maximum absolute atomic E-state index is 5.74. The van der Waals surface area contributed by atoms with E-state index in [1.807, 2.05) is 6.07 Å². The Labute approximate surface area is 111 Å². The van der Waals surface area contributed by atoms with Gasteiger partial charge in [-0.2, -0.15) is 0 Å². The van der Waals surface area contributed by atoms with Crippen LogP contribution in [0.5, 0.6) is 5.75 Å². The summed E-state index contributed by atoms with van der Waals surface area (Å²) < 4.78 is 5.74. The number of rotatable bonds is 4. The van der Waals surface area contributed by atoms with Crippen LogP contribution in [-0.4, -0.2) is 19.7 Å². The lowest BCUT2D eigenvalue weighted by Gasteiger charge is -2.31. The third kappa shape index (κ3) is 2.86. The lowest BCUT2D eigenvalue weighted by atomic mass is 9.82. The highest BCUT2D eigenvalue weighted by Gasteiger charge is 2.27. The summed E-state index contributed by atoms with van der Waals surface area (Å²) in [6.07, 6.45) is 2.39. The Bertz CT molecular complexity index is 394. The molecule has 0 saturated heterocycles. The van der Waals surface area contributed by atoms with Crippen LogP contribution in [0.2, 0.25) is 0 Å². The maximum Gasteiger partial charge on any atom is 0.122 e. The largest absolute Gasteiger partial charge is 0.493 e. The second kappa shape index (κ2) is 5.31. The fraction of sp³-hybridized carbons (Fsp3) is 0.625. The number of ether oxygens (including phenoxy) is 1. The highest BCUT2D eigenvalue weighted by atomic mass is 16.5. The van der Waals surface area contributed by atoms with E-state index in [1.54, 1.807) is 0 Å². The molecule has 0 aromatic heterocycles. The Hall–Kier alpha value is -1.02. The van der Waals surface area contributed by atoms with E-state index in [4.69, 9.17) is 4.74 Å². The Morgan fingerprint density at radius 2 is 2.06 bits per heavy atom. The SMILES string of the molecule is CNC(CCC1COc2ccccc21)C(C)(C)C. The van der Waals surface area contributed by atoms with E-state index in [0.29, 0.717) is 17.4 Å². The van der Waals surface area contributed by atoms with Gasteiger partial charge in [0.15, 0.2) is 0 Å². The van der Waals surface area contributed by atoms with Gasteiger partial charge in [0.2, 0.25) is 0 Å². The van der Waals surface area contributed by atoms with Gasteiger partial charge in [-0.15, -0.1) is 0 Å². The van der Waals surface area contributed by atoms with Crippen LogP contribution in [0.4, 0.5) is 0 Å². The zero-order valence-electron chi connectivity index (χ0n) is 12.0. The number of para-hydroxylation sites is 1. The molecule has 18 heavy (non-hydrogen) atoms. The summed E-state index contributed by atoms with van der Waals surface area (Å²) in [5, 5.41) is 3.45. The topological polar surface area (TPSA) is 21.3 Å². The summed E-state index contributed by atoms with van der Waals surface area (Å²) in [6, 6.07) is 9.00. The molecule has 2 heteroatoms. The number of nitrogens with one attached hydrogen (secondary N) is 1. The van der Waals surface area contributed by atoms with Gasteiger partial charge >= 0.3 is 0 Å². The molecule has 0 aliphatic carbocycles. The first-order chi connectivity index (χ1) is 8.52. The first-order valence-corrected chi connectivity index (χ1v) is 6.91. The van der Waals surface area contributed by atoms with Crippen molar-refractivity contribution in [3.8, 4) is 5.75 Å². The van der Waals surface area contributed by atoms with Crippen molar-refractivity contribution in [2.45, 2.75) is 45.6 Å². The Balaban J connectivity index is 1.96. The molecule has 0 fully saturated rings. The van der Waals surface area contributed by atoms with Gasteiger partial charge in [-0.3, -0.25) is 0 Å². The fourth-order valence-electron chi connectivity index (χ4n) is 2.85. The molecule has 1 N–H and O–H groups in total. The lowest BCUT2D eigenvalue weighted by molar-refractivity contribution is 0.250. The van der Waals surface area contributed by atoms with E-state index in [2.05, 4.69) is 51.3 Å². The lowest BCUT2D eigenvalue weighted by Crippen LogP contribution is -2.38. The predicted octanol–water partition coefficient (Wildman–Crippen LogP) is 3.58. The highest BCUT2D eigenvalue weighted by Crippen LogP contribution is 2.37. The molecule has 1 aromatic carbocycles. The molecule has 100 valence electrons. The van der Waals surface area contributed by atoms with Crippen LogP contribution >= 0.6 is 0 Å². The molecule has 1 aliphatic rings. The van der Waals surface area contributed by atoms with Gasteiger partial charge in [-0.25, -0.2) is 0 Å². The van der Waals surface area contributed by atoms with Gasteiger partial charge in [0, 0.05) is 17.5 Å². The fourth-order valence-corrected chi connectivity index (χ4v) is 2.85. The molecule has 0 bridgehead atoms. The van der Waals surface area contributed by atoms with Crippen molar-refractivity contribution in [3.05, 3.63) is 29.8 Å². The molecule has 2 rings (SSSR count). The summed E-state index contributed by atoms with van der Waals surface area (Å²) in [6.45, 7) is 7.74. The number of benzene rings is 1. The molecule has 0 saturated carbocycles. The van der Waals surface area contributed by atoms with E-state index in [1.165, 1.54) is 18.4 Å². The summed E-state index contributed by atoms with van der Waals surface area (Å²) in [5.74, 6) is 1.65. The minimum atomic E-state index is 0.313. The molecular formula is C16H25NO. The van der Waals surface area contributed by atoms with Gasteiger partial charge in [-0.05, 0) is 31.4 Å². The van der Waals surface area contributed by atoms with Crippen LogP contribution in [0, 0.1) is 5.41 Å². The Morgan fingerprint density at radius 3 is 2.72 bits per heavy atom. The molecule has 2 nitrogen and oxygen atoms in total. The monoisotopic (exact) mass is 247 g/mol. The normalized spacial score (nSPS) is 20.3. The highest BCUT2D eigenvalue weighted by molar-refractivity contribution is 5.39. The standard InChI is InChI=1S/C16H25NO/c1-16(2,3)15(17-4)10-9-12-11-18-14-8-6-5-7-13(12)14/h5-8,12,15,17H,9-11H2,1-4H3. The first-order valence-electron chi connectivity index (χ1n) is 6.91. The van der Waals surface area contributed by atoms with Crippen LogP contribution in [0.1, 0.15) is 45.1 Å². The molecule has 0 spiro atoms. The van der Waals surface area contributed by atoms with E-state index < -0.39 is 0 Å². The number of fused-ring (bicyclic) bond motifs is 1. The zero-order chi connectivity index (χ0) is 13.2. The van der Waals surface area contributed by atoms with Crippen molar-refractivity contribution in [2.24, 2.45) is 5.41 Å². The number of hydrogen-bond acceptors (Lipinski definition) is 2. The van der Waals surface area contributed by atoms with Crippen molar-refractivity contribution in [1.29, 1.82) is 0 Å². The van der Waals surface area contributed by atoms with Crippen molar-refractivity contribution >= 4 is 0 Å². The van der Waals surface area contributed by atoms with Gasteiger partial charge < -0.3 is 10.1 Å². The zero-order valence-corrected chi connectivity index (χ0v) is 12.0. The summed E-state index contributed by atoms with van der Waals surface area (Å²) >= 11 is 0. The van der Waals surface area contributed by atoms with E-state index in [-0.39, 0.29) is 0 Å². The van der Waals surface area contributed by atoms with Crippen molar-refractivity contribution in [1.82, 2.24) is 5.32 Å². The molecule has 0 amide bonds. The van der Waals surface area contributed by atoms with Crippen LogP contribution in [-0.2, 0) is 0 Å². The van der Waals surface area contributed by atoms with Crippen molar-refractivity contribution in [2.75, 3.05) is 13.7 Å². The second-order valence-corrected chi connectivity index (χ2v) is 6.33. The van der Waals surface area contributed by atoms with Gasteiger partial charge in [0.05, 0.1) is 6.61 Å². The maximum atomic E-state index is 5.74. The van der Waals surface area contributed by atoms with Crippen LogP contribution < -0.4 is 10.1 Å². The first kappa shape index (κ1) is 13.4. The molecule has 2 atom stereocenters. The molecule has 0 radical (unpaired) electrons. The molecule has 2 unspecified atom stereocenters. The minimum absolute atomic E-state index is 0.313. The van der Waals surface area contributed by atoms with E-state index in [0.717, 1.165) is 12.4 Å². The Kier molecular flexibility index (Phi) is 3.96. The predicted molar refractivity (Wildman–Crippen MR) is 76.2 cm³/mol. The molecule has 1 aromatic rings. The summed E-state index contributed by atoms with van der Waals surface area (Å²) in [7, 11) is 2.06. The van der Waals surface area contributed by atoms with Crippen molar-refractivity contribution < 1.29 is 4.74 Å². The van der Waals surface area contributed by atoms with Crippen LogP contribution in [0.15, 0.2) is 24.3 Å². The second-order valence-electron chi connectivity index (χ2n) is 6.33. The molecular weight excluding hydrogens is 222 g/mol. The minimum Gasteiger partial charge on any atom is -0.493 e. The van der Waals surface area contributed by atoms with Gasteiger partial charge in [0.1, 0.15) is 5.75 Å².